The van der Waals surface area contributed by atoms with Gasteiger partial charge in [-0.15, -0.1) is 0 Å². The van der Waals surface area contributed by atoms with Gasteiger partial charge in [-0.3, -0.25) is 4.68 Å². The first kappa shape index (κ1) is 15.6. The normalized spacial score (nSPS) is 27.2. The lowest BCUT2D eigenvalue weighted by molar-refractivity contribution is 0.198. The number of hydrogen-bond donors (Lipinski definition) is 1. The molecule has 114 valence electrons. The van der Waals surface area contributed by atoms with Gasteiger partial charge in [0.2, 0.25) is 0 Å². The molecule has 1 fully saturated rings. The first-order valence-corrected chi connectivity index (χ1v) is 8.24. The highest BCUT2D eigenvalue weighted by molar-refractivity contribution is 5.13. The summed E-state index contributed by atoms with van der Waals surface area (Å²) in [7, 11) is 0. The molecule has 2 N–H and O–H groups in total. The van der Waals surface area contributed by atoms with E-state index in [1.165, 1.54) is 31.4 Å². The van der Waals surface area contributed by atoms with Crippen molar-refractivity contribution in [2.75, 3.05) is 0 Å². The van der Waals surface area contributed by atoms with Crippen molar-refractivity contribution in [3.63, 3.8) is 0 Å². The summed E-state index contributed by atoms with van der Waals surface area (Å²) in [6.45, 7) is 9.81. The van der Waals surface area contributed by atoms with E-state index >= 15 is 0 Å². The SMILES string of the molecule is CCn1nc(C)cc1CC1(N)CCCC(CC(C)C)C1. The van der Waals surface area contributed by atoms with Crippen molar-refractivity contribution in [1.29, 1.82) is 0 Å². The fourth-order valence-corrected chi connectivity index (χ4v) is 3.93. The molecule has 0 aliphatic heterocycles. The minimum atomic E-state index is -0.0167. The summed E-state index contributed by atoms with van der Waals surface area (Å²) in [5.74, 6) is 1.60. The van der Waals surface area contributed by atoms with Crippen molar-refractivity contribution in [2.24, 2.45) is 17.6 Å². The smallest absolute Gasteiger partial charge is 0.0596 e. The quantitative estimate of drug-likeness (QED) is 0.892. The Morgan fingerprint density at radius 2 is 2.25 bits per heavy atom. The molecule has 2 unspecified atom stereocenters. The van der Waals surface area contributed by atoms with E-state index in [-0.39, 0.29) is 5.54 Å². The van der Waals surface area contributed by atoms with Crippen LogP contribution in [0.3, 0.4) is 0 Å². The Labute approximate surface area is 123 Å². The maximum absolute atomic E-state index is 6.75. The highest BCUT2D eigenvalue weighted by Gasteiger charge is 2.33. The van der Waals surface area contributed by atoms with Gasteiger partial charge in [0, 0.05) is 24.2 Å². The Balaban J connectivity index is 2.06. The van der Waals surface area contributed by atoms with Crippen molar-refractivity contribution in [3.8, 4) is 0 Å². The highest BCUT2D eigenvalue weighted by Crippen LogP contribution is 2.36. The summed E-state index contributed by atoms with van der Waals surface area (Å²) in [6.07, 6.45) is 7.30. The third-order valence-electron chi connectivity index (χ3n) is 4.61. The van der Waals surface area contributed by atoms with Crippen LogP contribution < -0.4 is 5.73 Å². The van der Waals surface area contributed by atoms with E-state index in [1.54, 1.807) is 0 Å². The van der Waals surface area contributed by atoms with Crippen LogP contribution in [0, 0.1) is 18.8 Å². The number of hydrogen-bond acceptors (Lipinski definition) is 2. The molecule has 3 heteroatoms. The predicted molar refractivity (Wildman–Crippen MR) is 84.7 cm³/mol. The minimum absolute atomic E-state index is 0.0167. The second kappa shape index (κ2) is 6.30. The standard InChI is InChI=1S/C17H31N3/c1-5-20-16(10-14(4)19-20)12-17(18)8-6-7-15(11-17)9-13(2)3/h10,13,15H,5-9,11-12,18H2,1-4H3. The summed E-state index contributed by atoms with van der Waals surface area (Å²) in [5, 5.41) is 4.55. The lowest BCUT2D eigenvalue weighted by atomic mass is 9.72. The molecular formula is C17H31N3. The number of nitrogens with zero attached hydrogens (tertiary/aromatic N) is 2. The van der Waals surface area contributed by atoms with Crippen LogP contribution in [0.25, 0.3) is 0 Å². The molecule has 0 amide bonds. The summed E-state index contributed by atoms with van der Waals surface area (Å²) in [6, 6.07) is 2.21. The van der Waals surface area contributed by atoms with Gasteiger partial charge in [-0.05, 0) is 51.0 Å². The number of rotatable bonds is 5. The molecule has 0 saturated heterocycles. The largest absolute Gasteiger partial charge is 0.325 e. The Hall–Kier alpha value is -0.830. The molecule has 2 rings (SSSR count). The zero-order valence-electron chi connectivity index (χ0n) is 13.7. The second-order valence-electron chi connectivity index (χ2n) is 7.22. The average Bonchev–Trinajstić information content (AvgIpc) is 2.67. The highest BCUT2D eigenvalue weighted by atomic mass is 15.3. The number of aromatic nitrogens is 2. The molecule has 20 heavy (non-hydrogen) atoms. The van der Waals surface area contributed by atoms with E-state index in [0.717, 1.165) is 36.9 Å². The van der Waals surface area contributed by atoms with Crippen LogP contribution in [0.2, 0.25) is 0 Å². The molecule has 1 aliphatic rings. The first-order chi connectivity index (χ1) is 9.42. The molecule has 2 atom stereocenters. The predicted octanol–water partition coefficient (Wildman–Crippen LogP) is 3.69. The van der Waals surface area contributed by atoms with E-state index < -0.39 is 0 Å². The summed E-state index contributed by atoms with van der Waals surface area (Å²) in [5.41, 5.74) is 9.16. The molecule has 3 nitrogen and oxygen atoms in total. The Bertz CT molecular complexity index is 435. The molecule has 0 aromatic carbocycles. The monoisotopic (exact) mass is 277 g/mol. The van der Waals surface area contributed by atoms with Gasteiger partial charge >= 0.3 is 0 Å². The van der Waals surface area contributed by atoms with Crippen molar-refractivity contribution < 1.29 is 0 Å². The van der Waals surface area contributed by atoms with Gasteiger partial charge < -0.3 is 5.73 Å². The molecule has 0 radical (unpaired) electrons. The lowest BCUT2D eigenvalue weighted by Crippen LogP contribution is -2.46. The van der Waals surface area contributed by atoms with Gasteiger partial charge in [-0.2, -0.15) is 5.10 Å². The average molecular weight is 277 g/mol. The summed E-state index contributed by atoms with van der Waals surface area (Å²) in [4.78, 5) is 0. The molecule has 0 spiro atoms. The lowest BCUT2D eigenvalue weighted by Gasteiger charge is -2.39. The van der Waals surface area contributed by atoms with Gasteiger partial charge in [0.15, 0.2) is 0 Å². The van der Waals surface area contributed by atoms with Gasteiger partial charge in [0.25, 0.3) is 0 Å². The molecule has 1 aromatic heterocycles. The third kappa shape index (κ3) is 3.85. The van der Waals surface area contributed by atoms with E-state index in [2.05, 4.69) is 43.5 Å². The Morgan fingerprint density at radius 1 is 1.50 bits per heavy atom. The zero-order valence-corrected chi connectivity index (χ0v) is 13.7. The minimum Gasteiger partial charge on any atom is -0.325 e. The van der Waals surface area contributed by atoms with Gasteiger partial charge in [-0.25, -0.2) is 0 Å². The van der Waals surface area contributed by atoms with Crippen molar-refractivity contribution in [3.05, 3.63) is 17.5 Å². The summed E-state index contributed by atoms with van der Waals surface area (Å²) >= 11 is 0. The van der Waals surface area contributed by atoms with E-state index in [0.29, 0.717) is 0 Å². The van der Waals surface area contributed by atoms with Gasteiger partial charge in [0.1, 0.15) is 0 Å². The fraction of sp³-hybridized carbons (Fsp3) is 0.824. The van der Waals surface area contributed by atoms with Crippen LogP contribution in [0.15, 0.2) is 6.07 Å². The maximum Gasteiger partial charge on any atom is 0.0596 e. The van der Waals surface area contributed by atoms with Gasteiger partial charge in [0.05, 0.1) is 5.69 Å². The molecule has 1 saturated carbocycles. The van der Waals surface area contributed by atoms with Crippen LogP contribution in [-0.2, 0) is 13.0 Å². The molecule has 1 aliphatic carbocycles. The van der Waals surface area contributed by atoms with Gasteiger partial charge in [-0.1, -0.05) is 26.7 Å². The second-order valence-corrected chi connectivity index (χ2v) is 7.22. The Kier molecular flexibility index (Phi) is 4.90. The van der Waals surface area contributed by atoms with Crippen molar-refractivity contribution in [2.45, 2.75) is 78.3 Å². The number of aryl methyl sites for hydroxylation is 2. The molecule has 1 aromatic rings. The molecule has 0 bridgehead atoms. The third-order valence-corrected chi connectivity index (χ3v) is 4.61. The zero-order chi connectivity index (χ0) is 14.8. The topological polar surface area (TPSA) is 43.8 Å². The van der Waals surface area contributed by atoms with Crippen LogP contribution >= 0.6 is 0 Å². The van der Waals surface area contributed by atoms with E-state index in [1.807, 2.05) is 0 Å². The fourth-order valence-electron chi connectivity index (χ4n) is 3.93. The Morgan fingerprint density at radius 3 is 2.90 bits per heavy atom. The van der Waals surface area contributed by atoms with Crippen LogP contribution in [0.4, 0.5) is 0 Å². The van der Waals surface area contributed by atoms with E-state index in [4.69, 9.17) is 5.73 Å². The van der Waals surface area contributed by atoms with Crippen molar-refractivity contribution in [1.82, 2.24) is 9.78 Å². The number of nitrogens with two attached hydrogens (primary N) is 1. The summed E-state index contributed by atoms with van der Waals surface area (Å²) < 4.78 is 2.12. The van der Waals surface area contributed by atoms with Crippen molar-refractivity contribution >= 4 is 0 Å². The molecule has 1 heterocycles. The van der Waals surface area contributed by atoms with E-state index in [9.17, 15) is 0 Å². The first-order valence-electron chi connectivity index (χ1n) is 8.24. The van der Waals surface area contributed by atoms with Crippen LogP contribution in [0.5, 0.6) is 0 Å². The van der Waals surface area contributed by atoms with Crippen LogP contribution in [0.1, 0.15) is 64.3 Å². The van der Waals surface area contributed by atoms with Crippen LogP contribution in [-0.4, -0.2) is 15.3 Å². The maximum atomic E-state index is 6.75. The molecular weight excluding hydrogens is 246 g/mol.